The van der Waals surface area contributed by atoms with E-state index in [0.717, 1.165) is 57.1 Å². The number of methoxy groups -OCH3 is 2. The highest BCUT2D eigenvalue weighted by Gasteiger charge is 2.32. The highest BCUT2D eigenvalue weighted by molar-refractivity contribution is 7.08. The fourth-order valence-electron chi connectivity index (χ4n) is 5.36. The number of nitrogens with one attached hydrogen (secondary N) is 1. The number of carbonyl (C=O) groups excluding carboxylic acids is 1. The number of fused-ring (bicyclic) bond motifs is 3. The van der Waals surface area contributed by atoms with Gasteiger partial charge in [0, 0.05) is 35.0 Å². The molecule has 1 amide bonds. The van der Waals surface area contributed by atoms with Crippen LogP contribution in [0.2, 0.25) is 0 Å². The first-order valence-corrected chi connectivity index (χ1v) is 14.4. The number of aromatic nitrogens is 2. The van der Waals surface area contributed by atoms with Gasteiger partial charge in [0.15, 0.2) is 0 Å². The molecule has 0 aliphatic heterocycles. The number of hydrogen-bond donors (Lipinski definition) is 1. The average molecular weight is 570 g/mol. The molecule has 6 rings (SSSR count). The first-order valence-electron chi connectivity index (χ1n) is 13.0. The third-order valence-electron chi connectivity index (χ3n) is 7.31. The van der Waals surface area contributed by atoms with E-state index in [2.05, 4.69) is 69.3 Å². The summed E-state index contributed by atoms with van der Waals surface area (Å²) in [5.41, 5.74) is 10.1. The van der Waals surface area contributed by atoms with Gasteiger partial charge in [-0.05, 0) is 58.0 Å². The number of alkyl halides is 1. The summed E-state index contributed by atoms with van der Waals surface area (Å²) in [6, 6.07) is 24.7. The Kier molecular flexibility index (Phi) is 7.32. The van der Waals surface area contributed by atoms with Gasteiger partial charge in [0.05, 0.1) is 25.6 Å². The molecule has 2 aromatic heterocycles. The highest BCUT2D eigenvalue weighted by Crippen LogP contribution is 2.45. The van der Waals surface area contributed by atoms with E-state index in [0.29, 0.717) is 6.54 Å². The van der Waals surface area contributed by atoms with Gasteiger partial charge in [0.2, 0.25) is 5.91 Å². The van der Waals surface area contributed by atoms with Crippen LogP contribution in [0.15, 0.2) is 83.6 Å². The normalized spacial score (nSPS) is 11.8. The van der Waals surface area contributed by atoms with Crippen LogP contribution in [-0.2, 0) is 17.8 Å². The molecular formula is C32H28ClN3O3S. The molecule has 1 aliphatic rings. The molecule has 0 radical (unpaired) electrons. The predicted octanol–water partition coefficient (Wildman–Crippen LogP) is 6.69. The van der Waals surface area contributed by atoms with Crippen molar-refractivity contribution in [2.45, 2.75) is 19.0 Å². The third-order valence-corrected chi connectivity index (χ3v) is 8.24. The lowest BCUT2D eigenvalue weighted by Gasteiger charge is -2.22. The Bertz CT molecular complexity index is 1600. The predicted molar refractivity (Wildman–Crippen MR) is 160 cm³/mol. The fourth-order valence-corrected chi connectivity index (χ4v) is 6.09. The Labute approximate surface area is 242 Å². The molecule has 8 heteroatoms. The maximum absolute atomic E-state index is 11.7. The Balaban J connectivity index is 1.51. The number of carbonyl (C=O) groups is 1. The van der Waals surface area contributed by atoms with Crippen LogP contribution in [0, 0.1) is 0 Å². The quantitative estimate of drug-likeness (QED) is 0.197. The first kappa shape index (κ1) is 26.2. The van der Waals surface area contributed by atoms with Gasteiger partial charge in [0.25, 0.3) is 0 Å². The second-order valence-corrected chi connectivity index (χ2v) is 10.7. The van der Waals surface area contributed by atoms with Gasteiger partial charge < -0.3 is 14.8 Å². The van der Waals surface area contributed by atoms with Crippen LogP contribution in [0.25, 0.3) is 22.5 Å². The molecule has 202 valence electrons. The molecule has 5 aromatic rings. The number of amides is 1. The number of rotatable bonds is 9. The summed E-state index contributed by atoms with van der Waals surface area (Å²) in [6.45, 7) is 0.443. The topological polar surface area (TPSA) is 65.4 Å². The standard InChI is InChI=1S/C32H28ClN3O3S/c1-38-25-8-4-21(5-9-25)31(22-6-10-26(39-2)11-7-22)36-32-27-12-3-20(18-34-29(37)17-33)15-24(27)16-28(32)30(35-36)23-13-14-40-19-23/h3-15,19,31H,16-18H2,1-2H3,(H,34,37). The van der Waals surface area contributed by atoms with Crippen molar-refractivity contribution < 1.29 is 14.3 Å². The summed E-state index contributed by atoms with van der Waals surface area (Å²) >= 11 is 7.34. The summed E-state index contributed by atoms with van der Waals surface area (Å²) in [5.74, 6) is 1.39. The van der Waals surface area contributed by atoms with Gasteiger partial charge in [-0.15, -0.1) is 11.6 Å². The van der Waals surface area contributed by atoms with Crippen molar-refractivity contribution in [2.24, 2.45) is 0 Å². The Morgan fingerprint density at radius 2 is 1.68 bits per heavy atom. The van der Waals surface area contributed by atoms with Crippen LogP contribution in [0.5, 0.6) is 11.5 Å². The monoisotopic (exact) mass is 569 g/mol. The Hall–Kier alpha value is -4.07. The average Bonchev–Trinajstić information content (AvgIpc) is 3.74. The molecule has 0 bridgehead atoms. The number of benzene rings is 3. The van der Waals surface area contributed by atoms with Crippen molar-refractivity contribution in [2.75, 3.05) is 20.1 Å². The molecule has 0 spiro atoms. The smallest absolute Gasteiger partial charge is 0.235 e. The second kappa shape index (κ2) is 11.2. The number of hydrogen-bond acceptors (Lipinski definition) is 5. The maximum atomic E-state index is 11.7. The van der Waals surface area contributed by atoms with Gasteiger partial charge in [-0.3, -0.25) is 9.48 Å². The van der Waals surface area contributed by atoms with E-state index in [1.807, 2.05) is 24.3 Å². The zero-order chi connectivity index (χ0) is 27.6. The van der Waals surface area contributed by atoms with Crippen LogP contribution < -0.4 is 14.8 Å². The lowest BCUT2D eigenvalue weighted by Crippen LogP contribution is -2.23. The number of nitrogens with zero attached hydrogens (tertiary/aromatic N) is 2. The SMILES string of the molecule is COc1ccc(C(c2ccc(OC)cc2)n2nc(-c3ccsc3)c3c2-c2ccc(CNC(=O)CCl)cc2C3)cc1. The molecule has 3 aromatic carbocycles. The lowest BCUT2D eigenvalue weighted by molar-refractivity contribution is -0.118. The summed E-state index contributed by atoms with van der Waals surface area (Å²) in [7, 11) is 3.35. The van der Waals surface area contributed by atoms with Crippen LogP contribution in [0.3, 0.4) is 0 Å². The van der Waals surface area contributed by atoms with Crippen molar-refractivity contribution in [3.05, 3.63) is 111 Å². The minimum atomic E-state index is -0.178. The van der Waals surface area contributed by atoms with Crippen molar-refractivity contribution in [1.82, 2.24) is 15.1 Å². The number of ether oxygens (including phenoxy) is 2. The molecule has 0 fully saturated rings. The van der Waals surface area contributed by atoms with Crippen LogP contribution in [0.1, 0.15) is 33.9 Å². The van der Waals surface area contributed by atoms with E-state index in [1.165, 1.54) is 11.1 Å². The summed E-state index contributed by atoms with van der Waals surface area (Å²) in [6.07, 6.45) is 0.769. The molecule has 0 saturated carbocycles. The third kappa shape index (κ3) is 4.87. The van der Waals surface area contributed by atoms with E-state index in [1.54, 1.807) is 25.6 Å². The second-order valence-electron chi connectivity index (χ2n) is 9.66. The van der Waals surface area contributed by atoms with E-state index in [4.69, 9.17) is 26.2 Å². The van der Waals surface area contributed by atoms with Crippen LogP contribution in [0.4, 0.5) is 0 Å². The molecule has 2 heterocycles. The van der Waals surface area contributed by atoms with E-state index in [-0.39, 0.29) is 17.8 Å². The zero-order valence-corrected chi connectivity index (χ0v) is 23.8. The molecule has 1 aliphatic carbocycles. The van der Waals surface area contributed by atoms with Gasteiger partial charge in [-0.2, -0.15) is 16.4 Å². The molecular weight excluding hydrogens is 542 g/mol. The lowest BCUT2D eigenvalue weighted by atomic mass is 9.97. The first-order chi connectivity index (χ1) is 19.6. The number of halogens is 1. The molecule has 0 saturated heterocycles. The molecule has 0 atom stereocenters. The van der Waals surface area contributed by atoms with Crippen molar-refractivity contribution in [3.8, 4) is 34.0 Å². The molecule has 1 N–H and O–H groups in total. The Morgan fingerprint density at radius 1 is 1.00 bits per heavy atom. The maximum Gasteiger partial charge on any atom is 0.235 e. The fraction of sp³-hybridized carbons (Fsp3) is 0.188. The van der Waals surface area contributed by atoms with Gasteiger partial charge in [-0.1, -0.05) is 42.5 Å². The number of thiophene rings is 1. The van der Waals surface area contributed by atoms with Crippen LogP contribution >= 0.6 is 22.9 Å². The summed E-state index contributed by atoms with van der Waals surface area (Å²) < 4.78 is 13.1. The molecule has 0 unspecified atom stereocenters. The minimum absolute atomic E-state index is 0.0473. The molecule has 40 heavy (non-hydrogen) atoms. The van der Waals surface area contributed by atoms with E-state index in [9.17, 15) is 4.79 Å². The summed E-state index contributed by atoms with van der Waals surface area (Å²) in [5, 5.41) is 12.4. The van der Waals surface area contributed by atoms with Crippen molar-refractivity contribution in [3.63, 3.8) is 0 Å². The van der Waals surface area contributed by atoms with Gasteiger partial charge in [0.1, 0.15) is 23.4 Å². The Morgan fingerprint density at radius 3 is 2.25 bits per heavy atom. The van der Waals surface area contributed by atoms with E-state index >= 15 is 0 Å². The largest absolute Gasteiger partial charge is 0.497 e. The highest BCUT2D eigenvalue weighted by atomic mass is 35.5. The van der Waals surface area contributed by atoms with Crippen molar-refractivity contribution >= 4 is 28.8 Å². The van der Waals surface area contributed by atoms with Gasteiger partial charge in [-0.25, -0.2) is 0 Å². The zero-order valence-electron chi connectivity index (χ0n) is 22.2. The molecule has 6 nitrogen and oxygen atoms in total. The minimum Gasteiger partial charge on any atom is -0.497 e. The van der Waals surface area contributed by atoms with Crippen LogP contribution in [-0.4, -0.2) is 35.8 Å². The van der Waals surface area contributed by atoms with Gasteiger partial charge >= 0.3 is 0 Å². The summed E-state index contributed by atoms with van der Waals surface area (Å²) in [4.78, 5) is 11.7. The van der Waals surface area contributed by atoms with E-state index < -0.39 is 0 Å². The van der Waals surface area contributed by atoms with Crippen molar-refractivity contribution in [1.29, 1.82) is 0 Å².